The predicted octanol–water partition coefficient (Wildman–Crippen LogP) is 7.18. The maximum atomic E-state index is 13.3. The van der Waals surface area contributed by atoms with Crippen molar-refractivity contribution in [1.29, 1.82) is 0 Å². The largest absolute Gasteiger partial charge is 0.493 e. The second kappa shape index (κ2) is 13.7. The van der Waals surface area contributed by atoms with Gasteiger partial charge < -0.3 is 23.9 Å². The van der Waals surface area contributed by atoms with Crippen LogP contribution < -0.4 is 24.4 Å². The number of benzene rings is 4. The minimum Gasteiger partial charge on any atom is -0.493 e. The van der Waals surface area contributed by atoms with Crippen LogP contribution in [0.5, 0.6) is 23.0 Å². The molecular weight excluding hydrogens is 666 g/mol. The molecule has 0 spiro atoms. The highest BCUT2D eigenvalue weighted by Crippen LogP contribution is 2.38. The van der Waals surface area contributed by atoms with E-state index in [1.807, 2.05) is 36.4 Å². The van der Waals surface area contributed by atoms with Gasteiger partial charge in [-0.3, -0.25) is 9.59 Å². The summed E-state index contributed by atoms with van der Waals surface area (Å²) in [7, 11) is 2.82. The number of hydrogen-bond acceptors (Lipinski definition) is 8. The van der Waals surface area contributed by atoms with Crippen LogP contribution in [0.4, 0.5) is 0 Å². The Bertz CT molecular complexity index is 1960. The number of aromatic nitrogens is 1. The molecule has 0 aliphatic rings. The number of halogens is 2. The number of amides is 1. The van der Waals surface area contributed by atoms with Crippen LogP contribution in [0.25, 0.3) is 22.0 Å². The third kappa shape index (κ3) is 7.00. The van der Waals surface area contributed by atoms with Gasteiger partial charge in [0.15, 0.2) is 23.0 Å². The number of esters is 2. The molecule has 0 saturated carbocycles. The van der Waals surface area contributed by atoms with Crippen molar-refractivity contribution in [3.8, 4) is 34.1 Å². The summed E-state index contributed by atoms with van der Waals surface area (Å²) in [6.45, 7) is 1.26. The molecule has 0 aliphatic carbocycles. The Hall–Kier alpha value is -5.13. The fourth-order valence-electron chi connectivity index (χ4n) is 4.56. The van der Waals surface area contributed by atoms with Gasteiger partial charge in [0.1, 0.15) is 5.69 Å². The van der Waals surface area contributed by atoms with Crippen molar-refractivity contribution in [3.05, 3.63) is 105 Å². The monoisotopic (exact) mass is 689 g/mol. The van der Waals surface area contributed by atoms with E-state index >= 15 is 0 Å². The number of carbonyl (C=O) groups is 3. The minimum atomic E-state index is -0.686. The number of rotatable bonds is 9. The molecule has 1 heterocycles. The molecule has 228 valence electrons. The first-order chi connectivity index (χ1) is 21.7. The molecule has 10 nitrogen and oxygen atoms in total. The Morgan fingerprint density at radius 3 is 2.27 bits per heavy atom. The maximum absolute atomic E-state index is 13.3. The predicted molar refractivity (Wildman–Crippen MR) is 174 cm³/mol. The molecule has 0 aliphatic heterocycles. The number of nitrogens with one attached hydrogen (secondary N) is 2. The maximum Gasteiger partial charge on any atom is 0.343 e. The van der Waals surface area contributed by atoms with Gasteiger partial charge in [-0.2, -0.15) is 5.10 Å². The first kappa shape index (κ1) is 31.3. The van der Waals surface area contributed by atoms with E-state index < -0.39 is 17.8 Å². The third-order valence-corrected chi connectivity index (χ3v) is 7.29. The van der Waals surface area contributed by atoms with Gasteiger partial charge in [0.05, 0.1) is 36.5 Å². The number of fused-ring (bicyclic) bond motifs is 1. The first-order valence-electron chi connectivity index (χ1n) is 13.3. The average molecular weight is 691 g/mol. The van der Waals surface area contributed by atoms with Crippen molar-refractivity contribution in [3.63, 3.8) is 0 Å². The van der Waals surface area contributed by atoms with Crippen molar-refractivity contribution < 1.29 is 33.3 Å². The highest BCUT2D eigenvalue weighted by molar-refractivity contribution is 9.10. The molecule has 1 aromatic heterocycles. The van der Waals surface area contributed by atoms with Gasteiger partial charge in [0, 0.05) is 22.3 Å². The SMILES string of the molecule is COc1cc(C(=O)Oc2ccc(C=NNC(=O)c3[nH]c4c(Cl)cc(Br)cc4c3-c3ccccc3)cc2OC)ccc1OC(C)=O. The Morgan fingerprint density at radius 2 is 1.56 bits per heavy atom. The number of nitrogens with zero attached hydrogens (tertiary/aromatic N) is 1. The van der Waals surface area contributed by atoms with Crippen LogP contribution in [-0.4, -0.2) is 43.3 Å². The minimum absolute atomic E-state index is 0.153. The van der Waals surface area contributed by atoms with Gasteiger partial charge >= 0.3 is 11.9 Å². The molecule has 2 N–H and O–H groups in total. The summed E-state index contributed by atoms with van der Waals surface area (Å²) >= 11 is 9.96. The zero-order valence-corrected chi connectivity index (χ0v) is 26.5. The smallest absolute Gasteiger partial charge is 0.343 e. The summed E-state index contributed by atoms with van der Waals surface area (Å²) in [6.07, 6.45) is 1.43. The molecule has 1 amide bonds. The van der Waals surface area contributed by atoms with Crippen LogP contribution in [0.1, 0.15) is 33.3 Å². The molecule has 45 heavy (non-hydrogen) atoms. The van der Waals surface area contributed by atoms with Gasteiger partial charge in [-0.1, -0.05) is 57.9 Å². The summed E-state index contributed by atoms with van der Waals surface area (Å²) in [5.74, 6) is -0.906. The number of H-pyrrole nitrogens is 1. The van der Waals surface area contributed by atoms with Crippen molar-refractivity contribution in [1.82, 2.24) is 10.4 Å². The van der Waals surface area contributed by atoms with Gasteiger partial charge in [0.2, 0.25) is 0 Å². The van der Waals surface area contributed by atoms with Crippen molar-refractivity contribution in [2.45, 2.75) is 6.92 Å². The van der Waals surface area contributed by atoms with Gasteiger partial charge in [-0.25, -0.2) is 10.2 Å². The number of hydrazone groups is 1. The highest BCUT2D eigenvalue weighted by Gasteiger charge is 2.21. The lowest BCUT2D eigenvalue weighted by Crippen LogP contribution is -2.18. The summed E-state index contributed by atoms with van der Waals surface area (Å²) in [4.78, 5) is 40.6. The first-order valence-corrected chi connectivity index (χ1v) is 14.5. The number of aromatic amines is 1. The van der Waals surface area contributed by atoms with E-state index in [0.29, 0.717) is 27.4 Å². The fourth-order valence-corrected chi connectivity index (χ4v) is 5.41. The molecule has 0 atom stereocenters. The van der Waals surface area contributed by atoms with Gasteiger partial charge in [0.25, 0.3) is 5.91 Å². The van der Waals surface area contributed by atoms with Crippen molar-refractivity contribution >= 4 is 62.5 Å². The molecule has 0 bridgehead atoms. The second-order valence-electron chi connectivity index (χ2n) is 9.51. The number of methoxy groups -OCH3 is 2. The van der Waals surface area contributed by atoms with Crippen molar-refractivity contribution in [2.75, 3.05) is 14.2 Å². The van der Waals surface area contributed by atoms with E-state index in [1.165, 1.54) is 51.6 Å². The summed E-state index contributed by atoms with van der Waals surface area (Å²) in [5.41, 5.74) is 5.73. The Morgan fingerprint density at radius 1 is 0.867 bits per heavy atom. The lowest BCUT2D eigenvalue weighted by molar-refractivity contribution is -0.132. The molecule has 0 saturated heterocycles. The van der Waals surface area contributed by atoms with E-state index in [9.17, 15) is 14.4 Å². The van der Waals surface area contributed by atoms with Crippen molar-refractivity contribution in [2.24, 2.45) is 5.10 Å². The standard InChI is InChI=1S/C33H25BrClN3O7/c1-18(39)44-25-12-10-21(14-28(25)43-3)33(41)45-26-11-9-19(13-27(26)42-2)17-36-38-32(40)31-29(20-7-5-4-6-8-20)23-15-22(34)16-24(35)30(23)37-31/h4-17,37H,1-3H3,(H,38,40). The van der Waals surface area contributed by atoms with Gasteiger partial charge in [-0.15, -0.1) is 0 Å². The second-order valence-corrected chi connectivity index (χ2v) is 10.8. The zero-order chi connectivity index (χ0) is 32.1. The van der Waals surface area contributed by atoms with E-state index in [-0.39, 0.29) is 28.6 Å². The summed E-state index contributed by atoms with van der Waals surface area (Å²) < 4.78 is 22.0. The molecule has 0 fully saturated rings. The molecule has 5 aromatic rings. The van der Waals surface area contributed by atoms with E-state index in [0.717, 1.165) is 15.4 Å². The summed E-state index contributed by atoms with van der Waals surface area (Å²) in [5, 5.41) is 5.37. The highest BCUT2D eigenvalue weighted by atomic mass is 79.9. The van der Waals surface area contributed by atoms with Gasteiger partial charge in [-0.05, 0) is 59.7 Å². The molecular formula is C33H25BrClN3O7. The molecule has 4 aromatic carbocycles. The van der Waals surface area contributed by atoms with Crippen LogP contribution in [-0.2, 0) is 4.79 Å². The Balaban J connectivity index is 1.33. The molecule has 12 heteroatoms. The fraction of sp³-hybridized carbons (Fsp3) is 0.0909. The van der Waals surface area contributed by atoms with Crippen LogP contribution >= 0.6 is 27.5 Å². The topological polar surface area (TPSA) is 128 Å². The quantitative estimate of drug-likeness (QED) is 0.0726. The van der Waals surface area contributed by atoms with Crippen LogP contribution in [0.3, 0.4) is 0 Å². The third-order valence-electron chi connectivity index (χ3n) is 6.54. The lowest BCUT2D eigenvalue weighted by Gasteiger charge is -2.12. The summed E-state index contributed by atoms with van der Waals surface area (Å²) in [6, 6.07) is 22.2. The number of hydrogen-bond donors (Lipinski definition) is 2. The average Bonchev–Trinajstić information content (AvgIpc) is 3.41. The van der Waals surface area contributed by atoms with Crippen LogP contribution in [0.2, 0.25) is 5.02 Å². The Labute approximate surface area is 271 Å². The zero-order valence-electron chi connectivity index (χ0n) is 24.1. The van der Waals surface area contributed by atoms with Crippen LogP contribution in [0.15, 0.2) is 88.4 Å². The van der Waals surface area contributed by atoms with Crippen LogP contribution in [0, 0.1) is 0 Å². The normalized spacial score (nSPS) is 11.0. The Kier molecular flexibility index (Phi) is 9.50. The van der Waals surface area contributed by atoms with E-state index in [4.69, 9.17) is 30.5 Å². The molecule has 0 unspecified atom stereocenters. The van der Waals surface area contributed by atoms with E-state index in [2.05, 4.69) is 31.4 Å². The lowest BCUT2D eigenvalue weighted by atomic mass is 10.0. The molecule has 0 radical (unpaired) electrons. The number of ether oxygens (including phenoxy) is 4. The van der Waals surface area contributed by atoms with E-state index in [1.54, 1.807) is 18.2 Å². The molecule has 5 rings (SSSR count). The number of carbonyl (C=O) groups excluding carboxylic acids is 3.